The molecule has 21 heavy (non-hydrogen) atoms. The summed E-state index contributed by atoms with van der Waals surface area (Å²) in [6.07, 6.45) is 0. The van der Waals surface area contributed by atoms with Crippen molar-refractivity contribution in [3.05, 3.63) is 36.4 Å². The SMILES string of the molecule is COc1ccc2nc(-c3cccc(OC)c3OC)[nH]c2c1. The zero-order valence-corrected chi connectivity index (χ0v) is 12.1. The molecule has 0 bridgehead atoms. The smallest absolute Gasteiger partial charge is 0.171 e. The van der Waals surface area contributed by atoms with E-state index in [-0.39, 0.29) is 0 Å². The van der Waals surface area contributed by atoms with Crippen LogP contribution in [0.5, 0.6) is 17.2 Å². The first-order valence-electron chi connectivity index (χ1n) is 6.52. The number of aromatic amines is 1. The fourth-order valence-corrected chi connectivity index (χ4v) is 2.32. The minimum atomic E-state index is 0.658. The normalized spacial score (nSPS) is 10.6. The lowest BCUT2D eigenvalue weighted by Crippen LogP contribution is -1.93. The number of imidazole rings is 1. The van der Waals surface area contributed by atoms with Gasteiger partial charge in [-0.15, -0.1) is 0 Å². The molecule has 0 saturated carbocycles. The maximum absolute atomic E-state index is 5.45. The van der Waals surface area contributed by atoms with Gasteiger partial charge in [0.1, 0.15) is 11.6 Å². The summed E-state index contributed by atoms with van der Waals surface area (Å²) in [5.74, 6) is 2.85. The van der Waals surface area contributed by atoms with Gasteiger partial charge < -0.3 is 19.2 Å². The van der Waals surface area contributed by atoms with Gasteiger partial charge in [0.15, 0.2) is 11.5 Å². The van der Waals surface area contributed by atoms with Gasteiger partial charge in [-0.3, -0.25) is 0 Å². The van der Waals surface area contributed by atoms with Crippen LogP contribution in [0.4, 0.5) is 0 Å². The summed E-state index contributed by atoms with van der Waals surface area (Å²) in [5, 5.41) is 0. The number of nitrogens with zero attached hydrogens (tertiary/aromatic N) is 1. The number of ether oxygens (including phenoxy) is 3. The maximum atomic E-state index is 5.45. The first-order valence-corrected chi connectivity index (χ1v) is 6.52. The zero-order valence-electron chi connectivity index (χ0n) is 12.1. The third kappa shape index (κ3) is 2.27. The lowest BCUT2D eigenvalue weighted by molar-refractivity contribution is 0.356. The number of H-pyrrole nitrogens is 1. The number of para-hydroxylation sites is 1. The Labute approximate surface area is 122 Å². The van der Waals surface area contributed by atoms with Crippen LogP contribution in [0.3, 0.4) is 0 Å². The predicted molar refractivity (Wildman–Crippen MR) is 81.2 cm³/mol. The van der Waals surface area contributed by atoms with E-state index in [0.29, 0.717) is 11.5 Å². The molecule has 1 N–H and O–H groups in total. The number of rotatable bonds is 4. The largest absolute Gasteiger partial charge is 0.497 e. The molecule has 5 heteroatoms. The summed E-state index contributed by atoms with van der Waals surface area (Å²) < 4.78 is 16.0. The number of methoxy groups -OCH3 is 3. The molecule has 0 aliphatic rings. The second kappa shape index (κ2) is 5.36. The molecule has 3 rings (SSSR count). The van der Waals surface area contributed by atoms with Crippen molar-refractivity contribution in [1.29, 1.82) is 0 Å². The molecular weight excluding hydrogens is 268 g/mol. The minimum Gasteiger partial charge on any atom is -0.497 e. The Hall–Kier alpha value is -2.69. The molecule has 0 amide bonds. The van der Waals surface area contributed by atoms with Gasteiger partial charge in [0, 0.05) is 6.07 Å². The molecule has 2 aromatic carbocycles. The van der Waals surface area contributed by atoms with Crippen LogP contribution >= 0.6 is 0 Å². The van der Waals surface area contributed by atoms with Crippen molar-refractivity contribution < 1.29 is 14.2 Å². The summed E-state index contributed by atoms with van der Waals surface area (Å²) in [6.45, 7) is 0. The maximum Gasteiger partial charge on any atom is 0.171 e. The van der Waals surface area contributed by atoms with Crippen molar-refractivity contribution in [3.8, 4) is 28.6 Å². The van der Waals surface area contributed by atoms with Gasteiger partial charge in [-0.2, -0.15) is 0 Å². The molecule has 1 heterocycles. The van der Waals surface area contributed by atoms with Gasteiger partial charge in [0.25, 0.3) is 0 Å². The molecule has 0 aliphatic heterocycles. The van der Waals surface area contributed by atoms with Crippen LogP contribution in [0.1, 0.15) is 0 Å². The Kier molecular flexibility index (Phi) is 3.39. The molecule has 5 nitrogen and oxygen atoms in total. The number of aromatic nitrogens is 2. The Morgan fingerprint density at radius 2 is 1.81 bits per heavy atom. The predicted octanol–water partition coefficient (Wildman–Crippen LogP) is 3.26. The van der Waals surface area contributed by atoms with E-state index in [0.717, 1.165) is 28.2 Å². The number of benzene rings is 2. The summed E-state index contributed by atoms with van der Waals surface area (Å²) >= 11 is 0. The standard InChI is InChI=1S/C16H16N2O3/c1-19-10-7-8-12-13(9-10)18-16(17-12)11-5-4-6-14(20-2)15(11)21-3/h4-9H,1-3H3,(H,17,18). The first kappa shape index (κ1) is 13.3. The molecule has 0 saturated heterocycles. The van der Waals surface area contributed by atoms with Crippen LogP contribution in [0.2, 0.25) is 0 Å². The first-order chi connectivity index (χ1) is 10.3. The summed E-state index contributed by atoms with van der Waals surface area (Å²) in [4.78, 5) is 7.88. The number of hydrogen-bond donors (Lipinski definition) is 1. The lowest BCUT2D eigenvalue weighted by atomic mass is 10.1. The third-order valence-corrected chi connectivity index (χ3v) is 3.35. The molecule has 108 valence electrons. The lowest BCUT2D eigenvalue weighted by Gasteiger charge is -2.10. The monoisotopic (exact) mass is 284 g/mol. The molecule has 0 aliphatic carbocycles. The van der Waals surface area contributed by atoms with Crippen molar-refractivity contribution in [1.82, 2.24) is 9.97 Å². The second-order valence-electron chi connectivity index (χ2n) is 4.51. The van der Waals surface area contributed by atoms with E-state index in [2.05, 4.69) is 9.97 Å². The van der Waals surface area contributed by atoms with Gasteiger partial charge >= 0.3 is 0 Å². The summed E-state index contributed by atoms with van der Waals surface area (Å²) in [5.41, 5.74) is 2.64. The topological polar surface area (TPSA) is 56.4 Å². The second-order valence-corrected chi connectivity index (χ2v) is 4.51. The third-order valence-electron chi connectivity index (χ3n) is 3.35. The van der Waals surface area contributed by atoms with Crippen LogP contribution in [-0.4, -0.2) is 31.3 Å². The van der Waals surface area contributed by atoms with Gasteiger partial charge in [-0.05, 0) is 24.3 Å². The van der Waals surface area contributed by atoms with E-state index in [1.54, 1.807) is 21.3 Å². The molecule has 1 aromatic heterocycles. The van der Waals surface area contributed by atoms with E-state index >= 15 is 0 Å². The van der Waals surface area contributed by atoms with Crippen molar-refractivity contribution in [2.75, 3.05) is 21.3 Å². The highest BCUT2D eigenvalue weighted by atomic mass is 16.5. The Balaban J connectivity index is 2.16. The number of hydrogen-bond acceptors (Lipinski definition) is 4. The fraction of sp³-hybridized carbons (Fsp3) is 0.188. The Morgan fingerprint density at radius 3 is 2.52 bits per heavy atom. The van der Waals surface area contributed by atoms with Crippen molar-refractivity contribution in [2.45, 2.75) is 0 Å². The summed E-state index contributed by atoms with van der Waals surface area (Å²) in [6, 6.07) is 11.4. The molecule has 0 atom stereocenters. The number of nitrogens with one attached hydrogen (secondary N) is 1. The van der Waals surface area contributed by atoms with Crippen molar-refractivity contribution in [3.63, 3.8) is 0 Å². The molecule has 3 aromatic rings. The minimum absolute atomic E-state index is 0.658. The molecular formula is C16H16N2O3. The van der Waals surface area contributed by atoms with Crippen LogP contribution in [0, 0.1) is 0 Å². The van der Waals surface area contributed by atoms with Crippen LogP contribution in [0.15, 0.2) is 36.4 Å². The quantitative estimate of drug-likeness (QED) is 0.799. The average Bonchev–Trinajstić information content (AvgIpc) is 2.96. The fourth-order valence-electron chi connectivity index (χ4n) is 2.32. The van der Waals surface area contributed by atoms with Gasteiger partial charge in [-0.25, -0.2) is 4.98 Å². The van der Waals surface area contributed by atoms with Gasteiger partial charge in [-0.1, -0.05) is 6.07 Å². The van der Waals surface area contributed by atoms with Crippen LogP contribution in [-0.2, 0) is 0 Å². The molecule has 0 spiro atoms. The molecule has 0 fully saturated rings. The van der Waals surface area contributed by atoms with Crippen molar-refractivity contribution >= 4 is 11.0 Å². The van der Waals surface area contributed by atoms with Gasteiger partial charge in [0.2, 0.25) is 0 Å². The highest BCUT2D eigenvalue weighted by molar-refractivity contribution is 5.82. The van der Waals surface area contributed by atoms with Gasteiger partial charge in [0.05, 0.1) is 37.9 Å². The molecule has 0 unspecified atom stereocenters. The Morgan fingerprint density at radius 1 is 0.952 bits per heavy atom. The Bertz CT molecular complexity index is 780. The highest BCUT2D eigenvalue weighted by Crippen LogP contribution is 2.37. The summed E-state index contributed by atoms with van der Waals surface area (Å²) in [7, 11) is 4.88. The van der Waals surface area contributed by atoms with E-state index in [9.17, 15) is 0 Å². The van der Waals surface area contributed by atoms with Crippen LogP contribution in [0.25, 0.3) is 22.4 Å². The number of fused-ring (bicyclic) bond motifs is 1. The van der Waals surface area contributed by atoms with E-state index in [1.165, 1.54) is 0 Å². The van der Waals surface area contributed by atoms with Crippen LogP contribution < -0.4 is 14.2 Å². The molecule has 0 radical (unpaired) electrons. The average molecular weight is 284 g/mol. The van der Waals surface area contributed by atoms with Crippen molar-refractivity contribution in [2.24, 2.45) is 0 Å². The van der Waals surface area contributed by atoms with E-state index in [1.807, 2.05) is 36.4 Å². The highest BCUT2D eigenvalue weighted by Gasteiger charge is 2.14. The van der Waals surface area contributed by atoms with E-state index in [4.69, 9.17) is 14.2 Å². The zero-order chi connectivity index (χ0) is 14.8. The van der Waals surface area contributed by atoms with E-state index < -0.39 is 0 Å².